The van der Waals surface area contributed by atoms with Crippen molar-refractivity contribution in [1.29, 1.82) is 5.53 Å². The molecule has 4 rings (SSSR count). The fraction of sp³-hybridized carbons (Fsp3) is 0.300. The molecule has 0 atom stereocenters. The molecule has 0 saturated heterocycles. The molecule has 1 aromatic heterocycles. The number of aromatic nitrogens is 2. The zero-order chi connectivity index (χ0) is 18.8. The van der Waals surface area contributed by atoms with E-state index in [9.17, 15) is 0 Å². The summed E-state index contributed by atoms with van der Waals surface area (Å²) in [5.74, 6) is 1.73. The van der Waals surface area contributed by atoms with Gasteiger partial charge in [-0.2, -0.15) is 10.1 Å². The van der Waals surface area contributed by atoms with Gasteiger partial charge in [0.2, 0.25) is 5.82 Å². The van der Waals surface area contributed by atoms with Crippen LogP contribution < -0.4 is 10.1 Å². The monoisotopic (exact) mass is 363 g/mol. The van der Waals surface area contributed by atoms with E-state index in [2.05, 4.69) is 26.6 Å². The predicted molar refractivity (Wildman–Crippen MR) is 103 cm³/mol. The average Bonchev–Trinajstić information content (AvgIpc) is 3.17. The van der Waals surface area contributed by atoms with Gasteiger partial charge in [-0.1, -0.05) is 17.3 Å². The Morgan fingerprint density at radius 3 is 2.93 bits per heavy atom. The van der Waals surface area contributed by atoms with E-state index < -0.39 is 0 Å². The molecule has 1 aliphatic rings. The number of rotatable bonds is 5. The summed E-state index contributed by atoms with van der Waals surface area (Å²) in [4.78, 5) is 4.54. The van der Waals surface area contributed by atoms with Gasteiger partial charge >= 0.3 is 0 Å². The molecule has 0 unspecified atom stereocenters. The molecule has 1 aliphatic heterocycles. The van der Waals surface area contributed by atoms with Crippen LogP contribution in [-0.4, -0.2) is 22.8 Å². The van der Waals surface area contributed by atoms with Gasteiger partial charge < -0.3 is 14.6 Å². The Morgan fingerprint density at radius 2 is 2.11 bits per heavy atom. The molecule has 7 heteroatoms. The van der Waals surface area contributed by atoms with Crippen LogP contribution in [0.1, 0.15) is 25.8 Å². The predicted octanol–water partition coefficient (Wildman–Crippen LogP) is 5.21. The van der Waals surface area contributed by atoms with Crippen molar-refractivity contribution in [3.05, 3.63) is 42.0 Å². The third-order valence-corrected chi connectivity index (χ3v) is 4.41. The molecule has 2 N–H and O–H groups in total. The number of hydrogen-bond acceptors (Lipinski definition) is 7. The summed E-state index contributed by atoms with van der Waals surface area (Å²) in [5.41, 5.74) is 11.5. The molecular formula is C20H21N5O2. The molecule has 27 heavy (non-hydrogen) atoms. The standard InChI is InChI=1S/C20H21N5O2/c1-12(2)22-16-9-8-14(11-17(16)24-21)20-23-19(25-27-20)15-7-3-5-13-6-4-10-26-18(13)15/h3,5,7-9,11-12,21-22H,4,6,10H2,1-2H3. The van der Waals surface area contributed by atoms with Crippen LogP contribution in [0.2, 0.25) is 0 Å². The minimum Gasteiger partial charge on any atom is -0.493 e. The highest BCUT2D eigenvalue weighted by molar-refractivity contribution is 5.74. The molecule has 0 radical (unpaired) electrons. The smallest absolute Gasteiger partial charge is 0.258 e. The van der Waals surface area contributed by atoms with E-state index in [1.165, 1.54) is 5.56 Å². The van der Waals surface area contributed by atoms with Crippen molar-refractivity contribution in [2.24, 2.45) is 5.11 Å². The molecule has 0 bridgehead atoms. The van der Waals surface area contributed by atoms with Crippen molar-refractivity contribution in [2.75, 3.05) is 11.9 Å². The van der Waals surface area contributed by atoms with Crippen LogP contribution in [0.5, 0.6) is 5.75 Å². The van der Waals surface area contributed by atoms with Crippen LogP contribution in [0.25, 0.3) is 22.8 Å². The summed E-state index contributed by atoms with van der Waals surface area (Å²) < 4.78 is 11.3. The van der Waals surface area contributed by atoms with Crippen molar-refractivity contribution < 1.29 is 9.26 Å². The van der Waals surface area contributed by atoms with Gasteiger partial charge in [-0.3, -0.25) is 0 Å². The fourth-order valence-corrected chi connectivity index (χ4v) is 3.21. The lowest BCUT2D eigenvalue weighted by Gasteiger charge is -2.18. The molecule has 0 fully saturated rings. The Labute approximate surface area is 157 Å². The average molecular weight is 363 g/mol. The van der Waals surface area contributed by atoms with Crippen molar-refractivity contribution in [1.82, 2.24) is 10.1 Å². The Hall–Kier alpha value is -3.22. The third kappa shape index (κ3) is 3.40. The highest BCUT2D eigenvalue weighted by Crippen LogP contribution is 2.36. The molecule has 138 valence electrons. The van der Waals surface area contributed by atoms with Gasteiger partial charge in [0.1, 0.15) is 11.4 Å². The summed E-state index contributed by atoms with van der Waals surface area (Å²) in [6.45, 7) is 4.77. The molecule has 0 aliphatic carbocycles. The van der Waals surface area contributed by atoms with Gasteiger partial charge in [-0.15, -0.1) is 0 Å². The van der Waals surface area contributed by atoms with E-state index in [0.717, 1.165) is 35.4 Å². The highest BCUT2D eigenvalue weighted by Gasteiger charge is 2.20. The number of nitrogens with one attached hydrogen (secondary N) is 2. The lowest BCUT2D eigenvalue weighted by molar-refractivity contribution is 0.289. The number of aryl methyl sites for hydroxylation is 1. The van der Waals surface area contributed by atoms with Gasteiger partial charge in [-0.05, 0) is 56.5 Å². The summed E-state index contributed by atoms with van der Waals surface area (Å²) in [7, 11) is 0. The van der Waals surface area contributed by atoms with Crippen LogP contribution in [0.3, 0.4) is 0 Å². The van der Waals surface area contributed by atoms with Gasteiger partial charge in [-0.25, -0.2) is 5.53 Å². The minimum atomic E-state index is 0.246. The molecule has 2 aromatic carbocycles. The molecule has 2 heterocycles. The Bertz CT molecular complexity index is 980. The van der Waals surface area contributed by atoms with Gasteiger partial charge in [0.15, 0.2) is 0 Å². The molecule has 0 saturated carbocycles. The van der Waals surface area contributed by atoms with E-state index in [0.29, 0.717) is 24.0 Å². The highest BCUT2D eigenvalue weighted by atomic mass is 16.5. The lowest BCUT2D eigenvalue weighted by Crippen LogP contribution is -2.09. The van der Waals surface area contributed by atoms with E-state index in [-0.39, 0.29) is 6.04 Å². The van der Waals surface area contributed by atoms with Crippen molar-refractivity contribution in [2.45, 2.75) is 32.7 Å². The number of fused-ring (bicyclic) bond motifs is 1. The minimum absolute atomic E-state index is 0.246. The zero-order valence-corrected chi connectivity index (χ0v) is 15.3. The lowest BCUT2D eigenvalue weighted by atomic mass is 10.0. The second kappa shape index (κ2) is 7.19. The second-order valence-corrected chi connectivity index (χ2v) is 6.81. The van der Waals surface area contributed by atoms with Crippen molar-refractivity contribution in [3.63, 3.8) is 0 Å². The number of anilines is 1. The van der Waals surface area contributed by atoms with Crippen LogP contribution in [-0.2, 0) is 6.42 Å². The van der Waals surface area contributed by atoms with E-state index in [4.69, 9.17) is 14.8 Å². The number of para-hydroxylation sites is 1. The van der Waals surface area contributed by atoms with Crippen molar-refractivity contribution in [3.8, 4) is 28.6 Å². The molecule has 3 aromatic rings. The molecular weight excluding hydrogens is 342 g/mol. The number of ether oxygens (including phenoxy) is 1. The number of benzene rings is 2. The zero-order valence-electron chi connectivity index (χ0n) is 15.3. The molecule has 0 spiro atoms. The maximum absolute atomic E-state index is 7.43. The van der Waals surface area contributed by atoms with Crippen LogP contribution in [0.4, 0.5) is 11.4 Å². The summed E-state index contributed by atoms with van der Waals surface area (Å²) >= 11 is 0. The quantitative estimate of drug-likeness (QED) is 0.606. The first-order valence-corrected chi connectivity index (χ1v) is 9.03. The first-order valence-electron chi connectivity index (χ1n) is 9.03. The number of nitrogens with zero attached hydrogens (tertiary/aromatic N) is 3. The maximum atomic E-state index is 7.43. The summed E-state index contributed by atoms with van der Waals surface area (Å²) in [6, 6.07) is 11.8. The topological polar surface area (TPSA) is 96.4 Å². The first-order chi connectivity index (χ1) is 13.2. The van der Waals surface area contributed by atoms with E-state index in [1.807, 2.05) is 38.1 Å². The Balaban J connectivity index is 1.68. The van der Waals surface area contributed by atoms with E-state index >= 15 is 0 Å². The summed E-state index contributed by atoms with van der Waals surface area (Å²) in [5, 5.41) is 11.0. The third-order valence-electron chi connectivity index (χ3n) is 4.41. The molecule has 7 nitrogen and oxygen atoms in total. The number of hydrogen-bond donors (Lipinski definition) is 2. The van der Waals surface area contributed by atoms with Crippen LogP contribution in [0.15, 0.2) is 46.0 Å². The fourth-order valence-electron chi connectivity index (χ4n) is 3.21. The van der Waals surface area contributed by atoms with Gasteiger partial charge in [0.25, 0.3) is 5.89 Å². The normalized spacial score (nSPS) is 13.1. The van der Waals surface area contributed by atoms with Gasteiger partial charge in [0.05, 0.1) is 17.9 Å². The molecule has 0 amide bonds. The van der Waals surface area contributed by atoms with Crippen molar-refractivity contribution >= 4 is 11.4 Å². The Kier molecular flexibility index (Phi) is 4.58. The first kappa shape index (κ1) is 17.2. The van der Waals surface area contributed by atoms with Gasteiger partial charge in [0, 0.05) is 11.6 Å². The maximum Gasteiger partial charge on any atom is 0.258 e. The van der Waals surface area contributed by atoms with Crippen LogP contribution in [0, 0.1) is 5.53 Å². The van der Waals surface area contributed by atoms with Crippen LogP contribution >= 0.6 is 0 Å². The largest absolute Gasteiger partial charge is 0.493 e. The second-order valence-electron chi connectivity index (χ2n) is 6.81. The summed E-state index contributed by atoms with van der Waals surface area (Å²) in [6.07, 6.45) is 2.01. The Morgan fingerprint density at radius 1 is 1.22 bits per heavy atom. The van der Waals surface area contributed by atoms with E-state index in [1.54, 1.807) is 6.07 Å². The SMILES string of the molecule is CC(C)Nc1ccc(-c2nc(-c3cccc4c3OCCC4)no2)cc1N=N.